The van der Waals surface area contributed by atoms with Gasteiger partial charge in [-0.05, 0) is 24.3 Å². The largest absolute Gasteiger partial charge is 0.505 e. The number of aromatic hydroxyl groups is 1. The standard InChI is InChI=1S/C18H11F3N6O3/c19-18(20,21)16-23-25-17(27(16)26-10-6-2-1-3-7-10)24-22-13-14(28)11-8-4-5-9-12(11)30-15(13)29/h1-9,26,28H. The van der Waals surface area contributed by atoms with Crippen LogP contribution >= 0.6 is 0 Å². The molecule has 0 bridgehead atoms. The van der Waals surface area contributed by atoms with Gasteiger partial charge in [-0.2, -0.15) is 17.8 Å². The summed E-state index contributed by atoms with van der Waals surface area (Å²) in [7, 11) is 0. The zero-order chi connectivity index (χ0) is 21.3. The van der Waals surface area contributed by atoms with Crippen LogP contribution in [0, 0.1) is 0 Å². The summed E-state index contributed by atoms with van der Waals surface area (Å²) in [5.74, 6) is -2.50. The Kier molecular flexibility index (Phi) is 4.66. The number of benzene rings is 2. The summed E-state index contributed by atoms with van der Waals surface area (Å²) in [6, 6.07) is 14.1. The summed E-state index contributed by atoms with van der Waals surface area (Å²) < 4.78 is 45.4. The van der Waals surface area contributed by atoms with E-state index in [1.54, 1.807) is 30.3 Å². The lowest BCUT2D eigenvalue weighted by Crippen LogP contribution is -2.20. The molecular weight excluding hydrogens is 405 g/mol. The molecule has 0 aliphatic carbocycles. The first-order valence-electron chi connectivity index (χ1n) is 8.36. The second-order valence-electron chi connectivity index (χ2n) is 5.92. The summed E-state index contributed by atoms with van der Waals surface area (Å²) in [5, 5.41) is 24.1. The van der Waals surface area contributed by atoms with Crippen molar-refractivity contribution < 1.29 is 22.7 Å². The highest BCUT2D eigenvalue weighted by atomic mass is 19.4. The second kappa shape index (κ2) is 7.31. The highest BCUT2D eigenvalue weighted by molar-refractivity contribution is 5.87. The van der Waals surface area contributed by atoms with Gasteiger partial charge in [0.2, 0.25) is 5.69 Å². The van der Waals surface area contributed by atoms with Crippen molar-refractivity contribution in [2.24, 2.45) is 10.2 Å². The van der Waals surface area contributed by atoms with Crippen molar-refractivity contribution in [1.29, 1.82) is 0 Å². The summed E-state index contributed by atoms with van der Waals surface area (Å²) in [5.41, 5.74) is 1.29. The smallest absolute Gasteiger partial charge is 0.453 e. The predicted molar refractivity (Wildman–Crippen MR) is 98.8 cm³/mol. The van der Waals surface area contributed by atoms with Gasteiger partial charge in [-0.1, -0.05) is 30.3 Å². The maximum atomic E-state index is 13.3. The first-order chi connectivity index (χ1) is 14.3. The quantitative estimate of drug-likeness (QED) is 0.376. The Morgan fingerprint density at radius 1 is 1.00 bits per heavy atom. The first-order valence-corrected chi connectivity index (χ1v) is 8.36. The Morgan fingerprint density at radius 3 is 2.43 bits per heavy atom. The van der Waals surface area contributed by atoms with E-state index < -0.39 is 35.0 Å². The summed E-state index contributed by atoms with van der Waals surface area (Å²) in [6.45, 7) is 0. The molecule has 0 fully saturated rings. The fourth-order valence-electron chi connectivity index (χ4n) is 2.58. The molecule has 2 aromatic carbocycles. The van der Waals surface area contributed by atoms with Crippen LogP contribution in [0.5, 0.6) is 5.75 Å². The van der Waals surface area contributed by atoms with Gasteiger partial charge in [0, 0.05) is 0 Å². The Labute approximate surface area is 165 Å². The number of nitrogens with one attached hydrogen (secondary N) is 1. The lowest BCUT2D eigenvalue weighted by atomic mass is 10.2. The molecule has 12 heteroatoms. The SMILES string of the molecule is O=c1oc2ccccc2c(O)c1N=Nc1nnc(C(F)(F)F)n1Nc1ccccc1. The average Bonchev–Trinajstić information content (AvgIpc) is 3.11. The first kappa shape index (κ1) is 19.1. The van der Waals surface area contributed by atoms with Crippen molar-refractivity contribution in [3.05, 3.63) is 70.8 Å². The number of para-hydroxylation sites is 2. The molecule has 4 rings (SSSR count). The van der Waals surface area contributed by atoms with Crippen LogP contribution in [0.25, 0.3) is 11.0 Å². The number of hydrogen-bond donors (Lipinski definition) is 2. The van der Waals surface area contributed by atoms with E-state index >= 15 is 0 Å². The minimum Gasteiger partial charge on any atom is -0.505 e. The minimum atomic E-state index is -4.84. The molecule has 152 valence electrons. The molecule has 0 saturated heterocycles. The van der Waals surface area contributed by atoms with Crippen LogP contribution in [-0.4, -0.2) is 20.0 Å². The molecule has 30 heavy (non-hydrogen) atoms. The van der Waals surface area contributed by atoms with Gasteiger partial charge in [-0.15, -0.1) is 20.4 Å². The fourth-order valence-corrected chi connectivity index (χ4v) is 2.58. The topological polar surface area (TPSA) is 118 Å². The molecule has 0 amide bonds. The molecule has 0 radical (unpaired) electrons. The third-order valence-corrected chi connectivity index (χ3v) is 3.92. The highest BCUT2D eigenvalue weighted by Gasteiger charge is 2.39. The normalized spacial score (nSPS) is 12.0. The molecule has 0 spiro atoms. The number of fused-ring (bicyclic) bond motifs is 1. The number of azo groups is 1. The number of rotatable bonds is 4. The van der Waals surface area contributed by atoms with Gasteiger partial charge in [0.25, 0.3) is 11.8 Å². The molecule has 0 atom stereocenters. The van der Waals surface area contributed by atoms with Crippen LogP contribution in [-0.2, 0) is 6.18 Å². The summed E-state index contributed by atoms with van der Waals surface area (Å²) in [4.78, 5) is 12.1. The number of aromatic nitrogens is 3. The number of hydrogen-bond acceptors (Lipinski definition) is 8. The van der Waals surface area contributed by atoms with Gasteiger partial charge in [0.05, 0.1) is 11.1 Å². The second-order valence-corrected chi connectivity index (χ2v) is 5.92. The van der Waals surface area contributed by atoms with E-state index in [2.05, 4.69) is 25.9 Å². The van der Waals surface area contributed by atoms with Crippen LogP contribution in [0.3, 0.4) is 0 Å². The van der Waals surface area contributed by atoms with Crippen molar-refractivity contribution in [3.8, 4) is 5.75 Å². The Morgan fingerprint density at radius 2 is 1.70 bits per heavy atom. The Hall–Kier alpha value is -4.22. The molecule has 2 aromatic heterocycles. The van der Waals surface area contributed by atoms with Gasteiger partial charge >= 0.3 is 11.8 Å². The van der Waals surface area contributed by atoms with Crippen molar-refractivity contribution >= 4 is 28.3 Å². The van der Waals surface area contributed by atoms with Gasteiger partial charge < -0.3 is 9.52 Å². The fraction of sp³-hybridized carbons (Fsp3) is 0.0556. The van der Waals surface area contributed by atoms with E-state index in [0.29, 0.717) is 10.4 Å². The van der Waals surface area contributed by atoms with Crippen molar-refractivity contribution in [1.82, 2.24) is 14.9 Å². The maximum absolute atomic E-state index is 13.3. The third-order valence-electron chi connectivity index (χ3n) is 3.92. The molecule has 0 aliphatic heterocycles. The van der Waals surface area contributed by atoms with Gasteiger partial charge in [-0.3, -0.25) is 5.43 Å². The summed E-state index contributed by atoms with van der Waals surface area (Å²) in [6.07, 6.45) is -4.84. The molecule has 0 saturated carbocycles. The number of alkyl halides is 3. The lowest BCUT2D eigenvalue weighted by molar-refractivity contribution is -0.146. The Balaban J connectivity index is 1.78. The minimum absolute atomic E-state index is 0.118. The number of nitrogens with zero attached hydrogens (tertiary/aromatic N) is 5. The number of halogens is 3. The van der Waals surface area contributed by atoms with Crippen molar-refractivity contribution in [2.75, 3.05) is 5.43 Å². The predicted octanol–water partition coefficient (Wildman–Crippen LogP) is 4.40. The molecule has 0 unspecified atom stereocenters. The van der Waals surface area contributed by atoms with Crippen LogP contribution in [0.4, 0.5) is 30.5 Å². The zero-order valence-corrected chi connectivity index (χ0v) is 14.8. The van der Waals surface area contributed by atoms with Crippen molar-refractivity contribution in [3.63, 3.8) is 0 Å². The molecular formula is C18H11F3N6O3. The van der Waals surface area contributed by atoms with E-state index in [1.165, 1.54) is 24.3 Å². The molecule has 0 aliphatic rings. The molecule has 4 aromatic rings. The van der Waals surface area contributed by atoms with E-state index in [4.69, 9.17) is 4.42 Å². The monoisotopic (exact) mass is 416 g/mol. The van der Waals surface area contributed by atoms with E-state index in [-0.39, 0.29) is 11.0 Å². The van der Waals surface area contributed by atoms with Gasteiger partial charge in [-0.25, -0.2) is 4.79 Å². The van der Waals surface area contributed by atoms with E-state index in [0.717, 1.165) is 0 Å². The van der Waals surface area contributed by atoms with E-state index in [9.17, 15) is 23.1 Å². The average molecular weight is 416 g/mol. The molecule has 9 nitrogen and oxygen atoms in total. The summed E-state index contributed by atoms with van der Waals surface area (Å²) >= 11 is 0. The Bertz CT molecular complexity index is 1300. The van der Waals surface area contributed by atoms with Crippen LogP contribution < -0.4 is 11.1 Å². The third kappa shape index (κ3) is 3.57. The van der Waals surface area contributed by atoms with Gasteiger partial charge in [0.1, 0.15) is 5.58 Å². The van der Waals surface area contributed by atoms with E-state index in [1.807, 2.05) is 0 Å². The maximum Gasteiger partial charge on any atom is 0.453 e. The van der Waals surface area contributed by atoms with Crippen LogP contribution in [0.15, 0.2) is 74.0 Å². The van der Waals surface area contributed by atoms with Crippen molar-refractivity contribution in [2.45, 2.75) is 6.18 Å². The molecule has 2 heterocycles. The zero-order valence-electron chi connectivity index (χ0n) is 14.8. The number of anilines is 1. The molecule has 2 N–H and O–H groups in total. The highest BCUT2D eigenvalue weighted by Crippen LogP contribution is 2.33. The van der Waals surface area contributed by atoms with Gasteiger partial charge in [0.15, 0.2) is 5.75 Å². The van der Waals surface area contributed by atoms with Crippen LogP contribution in [0.1, 0.15) is 5.82 Å². The van der Waals surface area contributed by atoms with Crippen LogP contribution in [0.2, 0.25) is 0 Å². The lowest BCUT2D eigenvalue weighted by Gasteiger charge is -2.12.